The van der Waals surface area contributed by atoms with Crippen molar-refractivity contribution in [3.8, 4) is 0 Å². The molecule has 0 unspecified atom stereocenters. The molecule has 0 saturated heterocycles. The van der Waals surface area contributed by atoms with Gasteiger partial charge in [0.05, 0.1) is 23.9 Å². The third kappa shape index (κ3) is 4.55. The highest BCUT2D eigenvalue weighted by Gasteiger charge is 2.14. The summed E-state index contributed by atoms with van der Waals surface area (Å²) in [5.74, 6) is -0.113. The molecule has 1 aromatic heterocycles. The summed E-state index contributed by atoms with van der Waals surface area (Å²) >= 11 is 0. The Balaban J connectivity index is 1.84. The summed E-state index contributed by atoms with van der Waals surface area (Å²) in [5, 5.41) is 3.63. The van der Waals surface area contributed by atoms with Crippen molar-refractivity contribution in [3.05, 3.63) is 54.5 Å². The monoisotopic (exact) mass is 307 g/mol. The Hall–Kier alpha value is -2.45. The van der Waals surface area contributed by atoms with Gasteiger partial charge >= 0.3 is 0 Å². The fraction of sp³-hybridized carbons (Fsp3) is 0.0769. The van der Waals surface area contributed by atoms with Gasteiger partial charge in [0, 0.05) is 0 Å². The molecule has 0 bridgehead atoms. The number of hydrazone groups is 1. The maximum Gasteiger partial charge on any atom is 0.255 e. The molecule has 7 nitrogen and oxygen atoms in total. The summed E-state index contributed by atoms with van der Waals surface area (Å²) in [5.41, 5.74) is 2.19. The Kier molecular flexibility index (Phi) is 4.85. The van der Waals surface area contributed by atoms with E-state index in [9.17, 15) is 13.2 Å². The standard InChI is InChI=1S/C13H13N3O4S/c17-13(16-14-9-11-5-4-8-20-11)10-15-21(18,19)12-6-2-1-3-7-12/h1-9,15H,10H2,(H,16,17)/b14-9+. The lowest BCUT2D eigenvalue weighted by atomic mass is 10.4. The molecule has 2 rings (SSSR count). The van der Waals surface area contributed by atoms with Gasteiger partial charge in [-0.15, -0.1) is 0 Å². The molecule has 2 aromatic rings. The number of benzene rings is 1. The van der Waals surface area contributed by atoms with Crippen LogP contribution >= 0.6 is 0 Å². The van der Waals surface area contributed by atoms with Crippen molar-refractivity contribution in [2.75, 3.05) is 6.54 Å². The molecule has 21 heavy (non-hydrogen) atoms. The zero-order valence-corrected chi connectivity index (χ0v) is 11.7. The van der Waals surface area contributed by atoms with Crippen LogP contribution in [-0.2, 0) is 14.8 Å². The number of carbonyl (C=O) groups is 1. The summed E-state index contributed by atoms with van der Waals surface area (Å²) in [6, 6.07) is 11.1. The van der Waals surface area contributed by atoms with Gasteiger partial charge in [-0.2, -0.15) is 5.10 Å². The molecule has 0 aliphatic rings. The minimum absolute atomic E-state index is 0.0943. The highest BCUT2D eigenvalue weighted by atomic mass is 32.2. The van der Waals surface area contributed by atoms with Crippen LogP contribution in [0, 0.1) is 0 Å². The number of furan rings is 1. The van der Waals surface area contributed by atoms with E-state index in [-0.39, 0.29) is 4.90 Å². The lowest BCUT2D eigenvalue weighted by Crippen LogP contribution is -2.34. The van der Waals surface area contributed by atoms with E-state index in [0.29, 0.717) is 5.76 Å². The molecule has 1 aromatic carbocycles. The highest BCUT2D eigenvalue weighted by molar-refractivity contribution is 7.89. The summed E-state index contributed by atoms with van der Waals surface area (Å²) in [6.07, 6.45) is 2.78. The zero-order chi connectivity index (χ0) is 15.1. The first-order chi connectivity index (χ1) is 10.1. The van der Waals surface area contributed by atoms with Gasteiger partial charge in [-0.25, -0.2) is 18.6 Å². The molecular formula is C13H13N3O4S. The first-order valence-corrected chi connectivity index (χ1v) is 7.46. The Morgan fingerprint density at radius 1 is 1.19 bits per heavy atom. The molecule has 0 radical (unpaired) electrons. The first kappa shape index (κ1) is 14.9. The minimum Gasteiger partial charge on any atom is -0.463 e. The summed E-state index contributed by atoms with van der Waals surface area (Å²) < 4.78 is 30.9. The van der Waals surface area contributed by atoms with E-state index in [1.807, 2.05) is 0 Å². The van der Waals surface area contributed by atoms with Gasteiger partial charge in [0.1, 0.15) is 5.76 Å². The molecule has 8 heteroatoms. The fourth-order valence-electron chi connectivity index (χ4n) is 1.42. The summed E-state index contributed by atoms with van der Waals surface area (Å²) in [4.78, 5) is 11.6. The molecule has 0 aliphatic carbocycles. The van der Waals surface area contributed by atoms with E-state index in [1.165, 1.54) is 24.6 Å². The molecule has 2 N–H and O–H groups in total. The second-order valence-electron chi connectivity index (χ2n) is 3.95. The van der Waals surface area contributed by atoms with Crippen LogP contribution in [0.1, 0.15) is 5.76 Å². The van der Waals surface area contributed by atoms with E-state index < -0.39 is 22.5 Å². The third-order valence-corrected chi connectivity index (χ3v) is 3.82. The maximum atomic E-state index is 11.9. The van der Waals surface area contributed by atoms with E-state index in [4.69, 9.17) is 4.42 Å². The largest absolute Gasteiger partial charge is 0.463 e. The minimum atomic E-state index is -3.70. The molecule has 0 fully saturated rings. The van der Waals surface area contributed by atoms with Gasteiger partial charge in [-0.3, -0.25) is 4.79 Å². The van der Waals surface area contributed by atoms with Crippen molar-refractivity contribution in [1.82, 2.24) is 10.1 Å². The predicted molar refractivity (Wildman–Crippen MR) is 76.1 cm³/mol. The summed E-state index contributed by atoms with van der Waals surface area (Å²) in [6.45, 7) is -0.410. The highest BCUT2D eigenvalue weighted by Crippen LogP contribution is 2.06. The number of rotatable bonds is 6. The number of sulfonamides is 1. The molecule has 0 aliphatic heterocycles. The Labute approximate surface area is 121 Å². The zero-order valence-electron chi connectivity index (χ0n) is 10.9. The molecule has 110 valence electrons. The lowest BCUT2D eigenvalue weighted by molar-refractivity contribution is -0.119. The molecule has 1 amide bonds. The van der Waals surface area contributed by atoms with Crippen LogP contribution < -0.4 is 10.1 Å². The van der Waals surface area contributed by atoms with Gasteiger partial charge in [-0.05, 0) is 24.3 Å². The van der Waals surface area contributed by atoms with Crippen molar-refractivity contribution >= 4 is 22.1 Å². The number of nitrogens with one attached hydrogen (secondary N) is 2. The van der Waals surface area contributed by atoms with E-state index in [1.54, 1.807) is 30.3 Å². The average Bonchev–Trinajstić information content (AvgIpc) is 2.99. The number of amides is 1. The number of hydrogen-bond acceptors (Lipinski definition) is 5. The van der Waals surface area contributed by atoms with Crippen LogP contribution in [0.4, 0.5) is 0 Å². The van der Waals surface area contributed by atoms with Crippen LogP contribution in [0.2, 0.25) is 0 Å². The van der Waals surface area contributed by atoms with Crippen LogP contribution in [0.5, 0.6) is 0 Å². The summed E-state index contributed by atoms with van der Waals surface area (Å²) in [7, 11) is -3.70. The normalized spacial score (nSPS) is 11.6. The number of carbonyl (C=O) groups excluding carboxylic acids is 1. The number of nitrogens with zero attached hydrogens (tertiary/aromatic N) is 1. The first-order valence-electron chi connectivity index (χ1n) is 5.98. The van der Waals surface area contributed by atoms with Gasteiger partial charge in [-0.1, -0.05) is 18.2 Å². The fourth-order valence-corrected chi connectivity index (χ4v) is 2.42. The van der Waals surface area contributed by atoms with Crippen molar-refractivity contribution in [2.45, 2.75) is 4.90 Å². The third-order valence-electron chi connectivity index (χ3n) is 2.40. The van der Waals surface area contributed by atoms with E-state index >= 15 is 0 Å². The van der Waals surface area contributed by atoms with Crippen LogP contribution in [0.15, 0.2) is 63.1 Å². The van der Waals surface area contributed by atoms with Crippen LogP contribution in [-0.4, -0.2) is 27.1 Å². The Morgan fingerprint density at radius 2 is 1.95 bits per heavy atom. The van der Waals surface area contributed by atoms with Crippen molar-refractivity contribution in [1.29, 1.82) is 0 Å². The van der Waals surface area contributed by atoms with Crippen LogP contribution in [0.25, 0.3) is 0 Å². The average molecular weight is 307 g/mol. The van der Waals surface area contributed by atoms with E-state index in [0.717, 1.165) is 0 Å². The SMILES string of the molecule is O=C(CNS(=O)(=O)c1ccccc1)N/N=C/c1ccco1. The van der Waals surface area contributed by atoms with Crippen LogP contribution in [0.3, 0.4) is 0 Å². The molecule has 1 heterocycles. The van der Waals surface area contributed by atoms with Crippen molar-refractivity contribution in [3.63, 3.8) is 0 Å². The molecule has 0 atom stereocenters. The topological polar surface area (TPSA) is 101 Å². The molecular weight excluding hydrogens is 294 g/mol. The van der Waals surface area contributed by atoms with Crippen molar-refractivity contribution in [2.24, 2.45) is 5.10 Å². The maximum absolute atomic E-state index is 11.9. The van der Waals surface area contributed by atoms with Gasteiger partial charge in [0.25, 0.3) is 5.91 Å². The number of hydrogen-bond donors (Lipinski definition) is 2. The Morgan fingerprint density at radius 3 is 2.62 bits per heavy atom. The van der Waals surface area contributed by atoms with Gasteiger partial charge in [0.2, 0.25) is 10.0 Å². The quantitative estimate of drug-likeness (QED) is 0.606. The molecule has 0 spiro atoms. The lowest BCUT2D eigenvalue weighted by Gasteiger charge is -2.05. The van der Waals surface area contributed by atoms with Gasteiger partial charge < -0.3 is 4.42 Å². The van der Waals surface area contributed by atoms with Gasteiger partial charge in [0.15, 0.2) is 0 Å². The second-order valence-corrected chi connectivity index (χ2v) is 5.71. The Bertz CT molecular complexity index is 709. The predicted octanol–water partition coefficient (Wildman–Crippen LogP) is 0.708. The second kappa shape index (κ2) is 6.82. The smallest absolute Gasteiger partial charge is 0.255 e. The van der Waals surface area contributed by atoms with E-state index in [2.05, 4.69) is 15.2 Å². The van der Waals surface area contributed by atoms with Crippen molar-refractivity contribution < 1.29 is 17.6 Å². The molecule has 0 saturated carbocycles.